The Morgan fingerprint density at radius 2 is 1.61 bits per heavy atom. The molecule has 8 nitrogen and oxygen atoms in total. The topological polar surface area (TPSA) is 119 Å². The maximum Gasteiger partial charge on any atom is 0.411 e. The quantitative estimate of drug-likeness (QED) is 0.540. The number of rotatable bonds is 4. The average Bonchev–Trinajstić information content (AvgIpc) is 3.27. The molecule has 3 N–H and O–H groups in total. The third-order valence-electron chi connectivity index (χ3n) is 6.08. The first-order chi connectivity index (χ1) is 15.5. The van der Waals surface area contributed by atoms with Crippen LogP contribution in [0.4, 0.5) is 4.79 Å². The molecular weight excluding hydrogens is 424 g/mol. The first-order valence-electron chi connectivity index (χ1n) is 10.9. The summed E-state index contributed by atoms with van der Waals surface area (Å²) in [5.41, 5.74) is 7.05. The first-order valence-corrected chi connectivity index (χ1v) is 10.9. The van der Waals surface area contributed by atoms with Crippen molar-refractivity contribution < 1.29 is 29.0 Å². The number of likely N-dealkylation sites (tertiary alicyclic amines) is 1. The number of amides is 1. The minimum Gasteiger partial charge on any atom is -0.479 e. The molecule has 1 aliphatic heterocycles. The van der Waals surface area contributed by atoms with Crippen LogP contribution in [0.3, 0.4) is 0 Å². The number of benzene rings is 2. The molecule has 2 atom stereocenters. The highest BCUT2D eigenvalue weighted by atomic mass is 16.6. The standard InChI is InChI=1S/C25H28N2O6/c1-24(2,3)33-22(30)25(21(28)29)12-15(26)13-27(25)23(31)32-14-20-18-10-6-4-8-16(18)17-9-5-7-11-19(17)20/h4-11,15,20H,12-14,26H2,1-3H3,(H,28,29)/t15-,25+/m0/s1. The average molecular weight is 453 g/mol. The normalized spacial score (nSPS) is 21.9. The number of nitrogens with two attached hydrogens (primary N) is 1. The highest BCUT2D eigenvalue weighted by Crippen LogP contribution is 2.44. The molecule has 174 valence electrons. The fourth-order valence-electron chi connectivity index (χ4n) is 4.69. The summed E-state index contributed by atoms with van der Waals surface area (Å²) in [7, 11) is 0. The summed E-state index contributed by atoms with van der Waals surface area (Å²) in [5, 5.41) is 10.0. The number of hydrogen-bond acceptors (Lipinski definition) is 6. The lowest BCUT2D eigenvalue weighted by Gasteiger charge is -2.34. The van der Waals surface area contributed by atoms with Crippen molar-refractivity contribution in [3.05, 3.63) is 59.7 Å². The van der Waals surface area contributed by atoms with E-state index in [0.717, 1.165) is 27.2 Å². The Kier molecular flexibility index (Phi) is 5.66. The van der Waals surface area contributed by atoms with Gasteiger partial charge in [0, 0.05) is 24.9 Å². The molecule has 0 bridgehead atoms. The van der Waals surface area contributed by atoms with E-state index in [0.29, 0.717) is 0 Å². The molecule has 33 heavy (non-hydrogen) atoms. The molecule has 8 heteroatoms. The van der Waals surface area contributed by atoms with Crippen LogP contribution in [0.15, 0.2) is 48.5 Å². The maximum atomic E-state index is 13.1. The van der Waals surface area contributed by atoms with Crippen LogP contribution >= 0.6 is 0 Å². The van der Waals surface area contributed by atoms with Gasteiger partial charge in [0.15, 0.2) is 0 Å². The fraction of sp³-hybridized carbons (Fsp3) is 0.400. The van der Waals surface area contributed by atoms with Gasteiger partial charge in [-0.3, -0.25) is 4.90 Å². The Morgan fingerprint density at radius 1 is 1.06 bits per heavy atom. The van der Waals surface area contributed by atoms with E-state index in [9.17, 15) is 19.5 Å². The van der Waals surface area contributed by atoms with Crippen molar-refractivity contribution in [1.82, 2.24) is 4.90 Å². The number of hydrogen-bond donors (Lipinski definition) is 2. The van der Waals surface area contributed by atoms with E-state index in [1.54, 1.807) is 20.8 Å². The second-order valence-electron chi connectivity index (χ2n) is 9.55. The molecule has 2 aromatic rings. The third-order valence-corrected chi connectivity index (χ3v) is 6.08. The van der Waals surface area contributed by atoms with Crippen molar-refractivity contribution in [3.8, 4) is 11.1 Å². The Labute approximate surface area is 192 Å². The van der Waals surface area contributed by atoms with Gasteiger partial charge in [-0.2, -0.15) is 0 Å². The number of ether oxygens (including phenoxy) is 2. The van der Waals surface area contributed by atoms with E-state index in [1.165, 1.54) is 0 Å². The van der Waals surface area contributed by atoms with Crippen molar-refractivity contribution in [3.63, 3.8) is 0 Å². The van der Waals surface area contributed by atoms with Gasteiger partial charge in [-0.05, 0) is 43.0 Å². The molecule has 1 heterocycles. The van der Waals surface area contributed by atoms with Gasteiger partial charge < -0.3 is 20.3 Å². The fourth-order valence-corrected chi connectivity index (χ4v) is 4.69. The highest BCUT2D eigenvalue weighted by molar-refractivity contribution is 6.07. The summed E-state index contributed by atoms with van der Waals surface area (Å²) < 4.78 is 11.0. The van der Waals surface area contributed by atoms with Crippen molar-refractivity contribution >= 4 is 18.0 Å². The number of aliphatic carboxylic acids is 1. The van der Waals surface area contributed by atoms with Crippen LogP contribution in [0.25, 0.3) is 11.1 Å². The van der Waals surface area contributed by atoms with Gasteiger partial charge in [0.25, 0.3) is 0 Å². The van der Waals surface area contributed by atoms with Crippen molar-refractivity contribution in [2.24, 2.45) is 5.73 Å². The van der Waals surface area contributed by atoms with Gasteiger partial charge in [0.1, 0.15) is 12.2 Å². The van der Waals surface area contributed by atoms with E-state index >= 15 is 0 Å². The Hall–Kier alpha value is -3.39. The van der Waals surface area contributed by atoms with Gasteiger partial charge in [-0.15, -0.1) is 0 Å². The van der Waals surface area contributed by atoms with Gasteiger partial charge in [0.05, 0.1) is 0 Å². The molecule has 4 rings (SSSR count). The SMILES string of the molecule is CC(C)(C)OC(=O)[C@]1(C(=O)O)C[C@H](N)CN1C(=O)OCC1c2ccccc2-c2ccccc21. The van der Waals surface area contributed by atoms with Gasteiger partial charge in [-0.25, -0.2) is 14.4 Å². The number of esters is 1. The largest absolute Gasteiger partial charge is 0.479 e. The predicted molar refractivity (Wildman–Crippen MR) is 121 cm³/mol. The molecule has 1 aliphatic carbocycles. The zero-order chi connectivity index (χ0) is 24.0. The second kappa shape index (κ2) is 8.19. The van der Waals surface area contributed by atoms with Gasteiger partial charge >= 0.3 is 18.0 Å². The summed E-state index contributed by atoms with van der Waals surface area (Å²) in [4.78, 5) is 39.3. The van der Waals surface area contributed by atoms with Crippen LogP contribution in [0, 0.1) is 0 Å². The monoisotopic (exact) mass is 452 g/mol. The van der Waals surface area contributed by atoms with Crippen molar-refractivity contribution in [1.29, 1.82) is 0 Å². The number of carboxylic acid groups (broad SMARTS) is 1. The van der Waals surface area contributed by atoms with Crippen LogP contribution in [-0.4, -0.2) is 58.4 Å². The molecular formula is C25H28N2O6. The van der Waals surface area contributed by atoms with Crippen LogP contribution in [0.2, 0.25) is 0 Å². The lowest BCUT2D eigenvalue weighted by molar-refractivity contribution is -0.176. The Balaban J connectivity index is 1.59. The van der Waals surface area contributed by atoms with Crippen LogP contribution in [0.1, 0.15) is 44.2 Å². The Morgan fingerprint density at radius 3 is 2.12 bits per heavy atom. The first kappa shape index (κ1) is 22.8. The number of carbonyl (C=O) groups excluding carboxylic acids is 2. The lowest BCUT2D eigenvalue weighted by Crippen LogP contribution is -2.60. The summed E-state index contributed by atoms with van der Waals surface area (Å²) in [6.45, 7) is 4.78. The molecule has 0 spiro atoms. The minimum atomic E-state index is -2.23. The van der Waals surface area contributed by atoms with Gasteiger partial charge in [-0.1, -0.05) is 48.5 Å². The smallest absolute Gasteiger partial charge is 0.411 e. The van der Waals surface area contributed by atoms with Crippen LogP contribution in [0.5, 0.6) is 0 Å². The maximum absolute atomic E-state index is 13.1. The molecule has 0 aromatic heterocycles. The zero-order valence-corrected chi connectivity index (χ0v) is 18.9. The highest BCUT2D eigenvalue weighted by Gasteiger charge is 2.61. The summed E-state index contributed by atoms with van der Waals surface area (Å²) >= 11 is 0. The number of carboxylic acids is 1. The molecule has 0 unspecified atom stereocenters. The Bertz CT molecular complexity index is 1060. The number of fused-ring (bicyclic) bond motifs is 3. The molecule has 0 radical (unpaired) electrons. The van der Waals surface area contributed by atoms with E-state index < -0.39 is 35.2 Å². The lowest BCUT2D eigenvalue weighted by atomic mass is 9.94. The van der Waals surface area contributed by atoms with Crippen molar-refractivity contribution in [2.45, 2.75) is 50.3 Å². The zero-order valence-electron chi connectivity index (χ0n) is 18.9. The van der Waals surface area contributed by atoms with Gasteiger partial charge in [0.2, 0.25) is 5.54 Å². The molecule has 1 amide bonds. The number of nitrogens with zero attached hydrogens (tertiary/aromatic N) is 1. The van der Waals surface area contributed by atoms with Crippen LogP contribution < -0.4 is 5.73 Å². The van der Waals surface area contributed by atoms with Crippen molar-refractivity contribution in [2.75, 3.05) is 13.2 Å². The third kappa shape index (κ3) is 3.95. The summed E-state index contributed by atoms with van der Waals surface area (Å²) in [6, 6.07) is 15.1. The number of carbonyl (C=O) groups is 3. The predicted octanol–water partition coefficient (Wildman–Crippen LogP) is 3.13. The summed E-state index contributed by atoms with van der Waals surface area (Å²) in [5.74, 6) is -2.71. The molecule has 0 saturated carbocycles. The van der Waals surface area contributed by atoms with Crippen LogP contribution in [-0.2, 0) is 19.1 Å². The molecule has 2 aromatic carbocycles. The molecule has 1 saturated heterocycles. The minimum absolute atomic E-state index is 0.00259. The second-order valence-corrected chi connectivity index (χ2v) is 9.55. The summed E-state index contributed by atoms with van der Waals surface area (Å²) in [6.07, 6.45) is -1.15. The molecule has 2 aliphatic rings. The van der Waals surface area contributed by atoms with E-state index in [4.69, 9.17) is 15.2 Å². The van der Waals surface area contributed by atoms with E-state index in [1.807, 2.05) is 48.5 Å². The van der Waals surface area contributed by atoms with E-state index in [-0.39, 0.29) is 25.5 Å². The van der Waals surface area contributed by atoms with E-state index in [2.05, 4.69) is 0 Å². The molecule has 1 fully saturated rings.